The highest BCUT2D eigenvalue weighted by Crippen LogP contribution is 2.37. The molecule has 0 aliphatic carbocycles. The second-order valence-corrected chi connectivity index (χ2v) is 14.4. The first kappa shape index (κ1) is 35.9. The van der Waals surface area contributed by atoms with Gasteiger partial charge in [-0.3, -0.25) is 9.11 Å². The molecule has 46 heavy (non-hydrogen) atoms. The van der Waals surface area contributed by atoms with Gasteiger partial charge in [0.05, 0.1) is 27.6 Å². The van der Waals surface area contributed by atoms with E-state index < -0.39 is 35.0 Å². The third-order valence-corrected chi connectivity index (χ3v) is 9.21. The van der Waals surface area contributed by atoms with Crippen LogP contribution in [0.1, 0.15) is 30.9 Å². The zero-order chi connectivity index (χ0) is 34.1. The fraction of sp³-hybridized carbons (Fsp3) is 0.259. The number of aromatic nitrogens is 1. The Labute approximate surface area is 266 Å². The van der Waals surface area contributed by atoms with Crippen molar-refractivity contribution < 1.29 is 34.4 Å². The number of hydrogen-bond acceptors (Lipinski definition) is 14. The van der Waals surface area contributed by atoms with Gasteiger partial charge in [-0.2, -0.15) is 32.3 Å². The van der Waals surface area contributed by atoms with Crippen molar-refractivity contribution in [2.75, 3.05) is 29.5 Å². The monoisotopic (exact) mass is 690 g/mol. The molecule has 0 saturated carbocycles. The molecule has 0 atom stereocenters. The summed E-state index contributed by atoms with van der Waals surface area (Å²) in [6.07, 6.45) is 1.60. The number of pyridine rings is 1. The number of hydrogen-bond donors (Lipinski definition) is 4. The second-order valence-electron chi connectivity index (χ2n) is 9.51. The van der Waals surface area contributed by atoms with E-state index in [1.54, 1.807) is 6.92 Å². The highest BCUT2D eigenvalue weighted by molar-refractivity contribution is 7.94. The van der Waals surface area contributed by atoms with Crippen LogP contribution in [0.15, 0.2) is 84.7 Å². The van der Waals surface area contributed by atoms with Crippen LogP contribution in [0.25, 0.3) is 0 Å². The number of nitrogens with zero attached hydrogens (tertiary/aromatic N) is 6. The summed E-state index contributed by atoms with van der Waals surface area (Å²) in [5.74, 6) is 0.0241. The molecule has 2 aromatic carbocycles. The number of rotatable bonds is 15. The molecule has 0 unspecified atom stereocenters. The normalized spacial score (nSPS) is 12.3. The third-order valence-electron chi connectivity index (χ3n) is 6.18. The lowest BCUT2D eigenvalue weighted by Crippen LogP contribution is -2.16. The molecule has 0 amide bonds. The van der Waals surface area contributed by atoms with Gasteiger partial charge in [0.15, 0.2) is 15.7 Å². The van der Waals surface area contributed by atoms with E-state index in [1.165, 1.54) is 24.3 Å². The first-order valence-electron chi connectivity index (χ1n) is 13.4. The van der Waals surface area contributed by atoms with Gasteiger partial charge in [0.1, 0.15) is 28.2 Å². The standard InChI is InChI=1S/C27H30N8O8S3/c1-4-6-13-29-27-25(18(3)22(17-28)26(31-27)30-14-15-44(36,37)5-2)35-34-23-12-9-20(16-24(23)46(41,42)43)33-32-19-7-10-21(11-8-19)45(38,39)40/h5,7-12,16H,2,4,6,13-15H2,1,3H3,(H2,29,30,31)(H,38,39,40)(H,41,42,43). The fourth-order valence-electron chi connectivity index (χ4n) is 3.74. The average molecular weight is 691 g/mol. The largest absolute Gasteiger partial charge is 0.368 e. The summed E-state index contributed by atoms with van der Waals surface area (Å²) in [5.41, 5.74) is 0.383. The first-order valence-corrected chi connectivity index (χ1v) is 18.0. The summed E-state index contributed by atoms with van der Waals surface area (Å²) in [6.45, 7) is 7.24. The van der Waals surface area contributed by atoms with Crippen LogP contribution in [0.2, 0.25) is 0 Å². The first-order chi connectivity index (χ1) is 21.6. The minimum atomic E-state index is -4.85. The average Bonchev–Trinajstić information content (AvgIpc) is 2.99. The van der Waals surface area contributed by atoms with Crippen LogP contribution in [0, 0.1) is 18.3 Å². The van der Waals surface area contributed by atoms with Crippen LogP contribution in [-0.2, 0) is 30.1 Å². The highest BCUT2D eigenvalue weighted by atomic mass is 32.2. The van der Waals surface area contributed by atoms with Gasteiger partial charge in [-0.25, -0.2) is 13.4 Å². The maximum absolute atomic E-state index is 12.2. The van der Waals surface area contributed by atoms with Gasteiger partial charge < -0.3 is 10.6 Å². The Kier molecular flexibility index (Phi) is 11.8. The molecular formula is C27H30N8O8S3. The molecule has 0 aliphatic rings. The Bertz CT molecular complexity index is 2040. The molecule has 1 aromatic heterocycles. The molecule has 244 valence electrons. The van der Waals surface area contributed by atoms with Crippen LogP contribution in [0.4, 0.5) is 34.4 Å². The number of nitriles is 1. The van der Waals surface area contributed by atoms with Crippen molar-refractivity contribution >= 4 is 64.5 Å². The van der Waals surface area contributed by atoms with Gasteiger partial charge in [-0.15, -0.1) is 10.2 Å². The van der Waals surface area contributed by atoms with Crippen LogP contribution < -0.4 is 10.6 Å². The Morgan fingerprint density at radius 2 is 1.52 bits per heavy atom. The second kappa shape index (κ2) is 15.1. The van der Waals surface area contributed by atoms with Crippen molar-refractivity contribution in [3.8, 4) is 6.07 Å². The maximum atomic E-state index is 12.2. The summed E-state index contributed by atoms with van der Waals surface area (Å²) in [5, 5.41) is 32.7. The van der Waals surface area contributed by atoms with Crippen molar-refractivity contribution in [3.63, 3.8) is 0 Å². The van der Waals surface area contributed by atoms with Gasteiger partial charge in [0.2, 0.25) is 0 Å². The van der Waals surface area contributed by atoms with E-state index in [4.69, 9.17) is 4.55 Å². The highest BCUT2D eigenvalue weighted by Gasteiger charge is 2.20. The summed E-state index contributed by atoms with van der Waals surface area (Å²) >= 11 is 0. The number of unbranched alkanes of at least 4 members (excludes halogenated alkanes) is 1. The Morgan fingerprint density at radius 1 is 0.891 bits per heavy atom. The predicted octanol–water partition coefficient (Wildman–Crippen LogP) is 5.77. The summed E-state index contributed by atoms with van der Waals surface area (Å²) in [7, 11) is -12.8. The lowest BCUT2D eigenvalue weighted by Gasteiger charge is -2.15. The van der Waals surface area contributed by atoms with Crippen molar-refractivity contribution in [1.29, 1.82) is 5.26 Å². The molecule has 0 bridgehead atoms. The van der Waals surface area contributed by atoms with Crippen LogP contribution >= 0.6 is 0 Å². The minimum Gasteiger partial charge on any atom is -0.368 e. The van der Waals surface area contributed by atoms with Crippen LogP contribution in [-0.4, -0.2) is 58.2 Å². The molecular weight excluding hydrogens is 661 g/mol. The number of anilines is 2. The molecule has 0 radical (unpaired) electrons. The number of azo groups is 2. The van der Waals surface area contributed by atoms with E-state index in [-0.39, 0.29) is 57.1 Å². The van der Waals surface area contributed by atoms with Crippen LogP contribution in [0.5, 0.6) is 0 Å². The fourth-order valence-corrected chi connectivity index (χ4v) is 5.42. The lowest BCUT2D eigenvalue weighted by molar-refractivity contribution is 0.481. The Hall–Kier alpha value is -4.61. The molecule has 3 aromatic rings. The van der Waals surface area contributed by atoms with E-state index in [2.05, 4.69) is 42.7 Å². The summed E-state index contributed by atoms with van der Waals surface area (Å²) < 4.78 is 89.5. The number of nitrogens with one attached hydrogen (secondary N) is 2. The van der Waals surface area contributed by atoms with E-state index in [9.17, 15) is 35.1 Å². The summed E-state index contributed by atoms with van der Waals surface area (Å²) in [4.78, 5) is 3.43. The van der Waals surface area contributed by atoms with E-state index in [1.807, 2.05) is 13.0 Å². The topological polar surface area (TPSA) is 253 Å². The SMILES string of the molecule is C=CS(=O)(=O)CCNc1nc(NCCCC)c(N=Nc2ccc(N=Nc3ccc(S(=O)(=O)O)cc3)cc2S(=O)(=O)O)c(C)c1C#N. The van der Waals surface area contributed by atoms with Gasteiger partial charge in [-0.05, 0) is 55.8 Å². The smallest absolute Gasteiger partial charge is 0.296 e. The molecule has 4 N–H and O–H groups in total. The predicted molar refractivity (Wildman–Crippen MR) is 170 cm³/mol. The molecule has 0 aliphatic heterocycles. The van der Waals surface area contributed by atoms with E-state index >= 15 is 0 Å². The molecule has 1 heterocycles. The molecule has 16 nitrogen and oxygen atoms in total. The van der Waals surface area contributed by atoms with Gasteiger partial charge in [0, 0.05) is 24.1 Å². The molecule has 3 rings (SSSR count). The number of benzene rings is 2. The van der Waals surface area contributed by atoms with Crippen molar-refractivity contribution in [2.45, 2.75) is 36.5 Å². The van der Waals surface area contributed by atoms with E-state index in [0.29, 0.717) is 12.1 Å². The molecule has 0 saturated heterocycles. The Balaban J connectivity index is 2.01. The molecule has 19 heteroatoms. The van der Waals surface area contributed by atoms with E-state index in [0.717, 1.165) is 36.4 Å². The molecule has 0 fully saturated rings. The number of sulfone groups is 1. The van der Waals surface area contributed by atoms with Crippen molar-refractivity contribution in [3.05, 3.63) is 65.6 Å². The zero-order valence-corrected chi connectivity index (χ0v) is 27.1. The third kappa shape index (κ3) is 9.69. The zero-order valence-electron chi connectivity index (χ0n) is 24.6. The maximum Gasteiger partial charge on any atom is 0.296 e. The quantitative estimate of drug-likeness (QED) is 0.0842. The van der Waals surface area contributed by atoms with Crippen LogP contribution in [0.3, 0.4) is 0 Å². The minimum absolute atomic E-state index is 0.00846. The Morgan fingerprint density at radius 3 is 2.11 bits per heavy atom. The molecule has 0 spiro atoms. The van der Waals surface area contributed by atoms with Gasteiger partial charge in [0.25, 0.3) is 20.2 Å². The van der Waals surface area contributed by atoms with Gasteiger partial charge >= 0.3 is 0 Å². The van der Waals surface area contributed by atoms with Gasteiger partial charge in [-0.1, -0.05) is 19.9 Å². The lowest BCUT2D eigenvalue weighted by atomic mass is 10.1. The van der Waals surface area contributed by atoms with Crippen molar-refractivity contribution in [2.24, 2.45) is 20.5 Å². The van der Waals surface area contributed by atoms with Crippen molar-refractivity contribution in [1.82, 2.24) is 4.98 Å². The summed E-state index contributed by atoms with van der Waals surface area (Å²) in [6, 6.07) is 10.3.